The molecule has 6 heteroatoms. The summed E-state index contributed by atoms with van der Waals surface area (Å²) in [4.78, 5) is 9.15. The van der Waals surface area contributed by atoms with Crippen molar-refractivity contribution in [3.05, 3.63) is 17.1 Å². The highest BCUT2D eigenvalue weighted by molar-refractivity contribution is 5.44. The van der Waals surface area contributed by atoms with Gasteiger partial charge >= 0.3 is 0 Å². The molecule has 1 aliphatic rings. The zero-order valence-electron chi connectivity index (χ0n) is 11.8. The Labute approximate surface area is 113 Å². The van der Waals surface area contributed by atoms with Gasteiger partial charge in [-0.1, -0.05) is 0 Å². The monoisotopic (exact) mass is 266 g/mol. The van der Waals surface area contributed by atoms with Crippen LogP contribution in [-0.2, 0) is 15.1 Å². The van der Waals surface area contributed by atoms with E-state index in [9.17, 15) is 0 Å². The first-order valence-corrected chi connectivity index (χ1v) is 6.67. The third kappa shape index (κ3) is 2.70. The second-order valence-corrected chi connectivity index (χ2v) is 4.79. The second-order valence-electron chi connectivity index (χ2n) is 4.79. The van der Waals surface area contributed by atoms with Crippen LogP contribution in [0.25, 0.3) is 0 Å². The van der Waals surface area contributed by atoms with Crippen LogP contribution in [0.2, 0.25) is 0 Å². The van der Waals surface area contributed by atoms with Crippen molar-refractivity contribution in [2.45, 2.75) is 39.2 Å². The molecule has 0 saturated carbocycles. The van der Waals surface area contributed by atoms with Gasteiger partial charge in [-0.2, -0.15) is 0 Å². The average molecular weight is 266 g/mol. The Kier molecular flexibility index (Phi) is 4.34. The van der Waals surface area contributed by atoms with Crippen molar-refractivity contribution in [3.63, 3.8) is 0 Å². The van der Waals surface area contributed by atoms with Crippen molar-refractivity contribution in [1.29, 1.82) is 0 Å². The van der Waals surface area contributed by atoms with Gasteiger partial charge in [0.05, 0.1) is 0 Å². The predicted molar refractivity (Wildman–Crippen MR) is 72.7 cm³/mol. The van der Waals surface area contributed by atoms with Gasteiger partial charge in [0.25, 0.3) is 0 Å². The molecule has 1 aliphatic heterocycles. The topological polar surface area (TPSA) is 82.3 Å². The molecular formula is C13H22N4O2. The van der Waals surface area contributed by atoms with Gasteiger partial charge in [-0.25, -0.2) is 15.8 Å². The Morgan fingerprint density at radius 1 is 1.32 bits per heavy atom. The molecule has 2 heterocycles. The van der Waals surface area contributed by atoms with E-state index in [0.717, 1.165) is 24.1 Å². The number of nitrogen functional groups attached to an aromatic ring is 1. The van der Waals surface area contributed by atoms with Crippen LogP contribution in [-0.4, -0.2) is 29.8 Å². The van der Waals surface area contributed by atoms with Crippen LogP contribution in [0, 0.1) is 13.8 Å². The predicted octanol–water partition coefficient (Wildman–Crippen LogP) is 1.42. The molecule has 0 amide bonds. The molecule has 106 valence electrons. The first-order chi connectivity index (χ1) is 9.13. The summed E-state index contributed by atoms with van der Waals surface area (Å²) in [5.41, 5.74) is 4.07. The molecule has 0 aromatic carbocycles. The van der Waals surface area contributed by atoms with E-state index in [1.165, 1.54) is 0 Å². The molecule has 0 aliphatic carbocycles. The minimum atomic E-state index is -0.447. The fraction of sp³-hybridized carbons (Fsp3) is 0.692. The average Bonchev–Trinajstić information content (AvgIpc) is 2.43. The van der Waals surface area contributed by atoms with E-state index in [2.05, 4.69) is 15.4 Å². The first-order valence-electron chi connectivity index (χ1n) is 6.67. The quantitative estimate of drug-likeness (QED) is 0.633. The third-order valence-corrected chi connectivity index (χ3v) is 3.65. The SMILES string of the molecule is CCOC1(c2nc(C)c(C)c(NN)n2)CCOCC1. The summed E-state index contributed by atoms with van der Waals surface area (Å²) in [5, 5.41) is 0. The Balaban J connectivity index is 2.44. The zero-order valence-corrected chi connectivity index (χ0v) is 11.8. The van der Waals surface area contributed by atoms with Crippen LogP contribution < -0.4 is 11.3 Å². The fourth-order valence-corrected chi connectivity index (χ4v) is 2.38. The number of nitrogens with two attached hydrogens (primary N) is 1. The van der Waals surface area contributed by atoms with Gasteiger partial charge in [0, 0.05) is 43.9 Å². The van der Waals surface area contributed by atoms with Gasteiger partial charge in [0.15, 0.2) is 5.82 Å². The molecule has 3 N–H and O–H groups in total. The molecule has 1 aromatic heterocycles. The molecule has 19 heavy (non-hydrogen) atoms. The summed E-state index contributed by atoms with van der Waals surface area (Å²) < 4.78 is 11.4. The molecule has 0 atom stereocenters. The van der Waals surface area contributed by atoms with E-state index in [4.69, 9.17) is 15.3 Å². The Morgan fingerprint density at radius 3 is 2.58 bits per heavy atom. The number of rotatable bonds is 4. The lowest BCUT2D eigenvalue weighted by molar-refractivity contribution is -0.117. The number of aromatic nitrogens is 2. The number of aryl methyl sites for hydroxylation is 1. The van der Waals surface area contributed by atoms with E-state index >= 15 is 0 Å². The zero-order chi connectivity index (χ0) is 13.9. The van der Waals surface area contributed by atoms with Crippen molar-refractivity contribution in [1.82, 2.24) is 9.97 Å². The van der Waals surface area contributed by atoms with Crippen LogP contribution in [0.5, 0.6) is 0 Å². The van der Waals surface area contributed by atoms with E-state index < -0.39 is 5.60 Å². The normalized spacial score (nSPS) is 18.3. The number of nitrogens with one attached hydrogen (secondary N) is 1. The lowest BCUT2D eigenvalue weighted by Crippen LogP contribution is -2.39. The summed E-state index contributed by atoms with van der Waals surface area (Å²) >= 11 is 0. The van der Waals surface area contributed by atoms with Crippen molar-refractivity contribution in [2.24, 2.45) is 5.84 Å². The van der Waals surface area contributed by atoms with Gasteiger partial charge in [-0.05, 0) is 20.8 Å². The van der Waals surface area contributed by atoms with E-state index in [1.807, 2.05) is 20.8 Å². The van der Waals surface area contributed by atoms with E-state index in [0.29, 0.717) is 31.5 Å². The minimum Gasteiger partial charge on any atom is -0.381 e. The van der Waals surface area contributed by atoms with Crippen LogP contribution >= 0.6 is 0 Å². The molecule has 1 aromatic rings. The smallest absolute Gasteiger partial charge is 0.163 e. The van der Waals surface area contributed by atoms with Crippen molar-refractivity contribution in [2.75, 3.05) is 25.2 Å². The number of nitrogens with zero attached hydrogens (tertiary/aromatic N) is 2. The van der Waals surface area contributed by atoms with Gasteiger partial charge in [0.1, 0.15) is 11.4 Å². The lowest BCUT2D eigenvalue weighted by atomic mass is 9.92. The molecular weight excluding hydrogens is 244 g/mol. The highest BCUT2D eigenvalue weighted by Gasteiger charge is 2.38. The Morgan fingerprint density at radius 2 is 2.00 bits per heavy atom. The van der Waals surface area contributed by atoms with Gasteiger partial charge in [0.2, 0.25) is 0 Å². The third-order valence-electron chi connectivity index (χ3n) is 3.65. The van der Waals surface area contributed by atoms with Crippen LogP contribution in [0.3, 0.4) is 0 Å². The molecule has 2 rings (SSSR count). The fourth-order valence-electron chi connectivity index (χ4n) is 2.38. The summed E-state index contributed by atoms with van der Waals surface area (Å²) in [7, 11) is 0. The number of anilines is 1. The highest BCUT2D eigenvalue weighted by atomic mass is 16.5. The van der Waals surface area contributed by atoms with Crippen LogP contribution in [0.1, 0.15) is 36.8 Å². The summed E-state index contributed by atoms with van der Waals surface area (Å²) in [5.74, 6) is 6.89. The summed E-state index contributed by atoms with van der Waals surface area (Å²) in [6.45, 7) is 7.86. The van der Waals surface area contributed by atoms with E-state index in [-0.39, 0.29) is 0 Å². The maximum atomic E-state index is 5.98. The van der Waals surface area contributed by atoms with Crippen LogP contribution in [0.15, 0.2) is 0 Å². The van der Waals surface area contributed by atoms with Gasteiger partial charge < -0.3 is 14.9 Å². The second kappa shape index (κ2) is 5.81. The maximum absolute atomic E-state index is 5.98. The number of hydrogen-bond acceptors (Lipinski definition) is 6. The minimum absolute atomic E-state index is 0.447. The molecule has 0 radical (unpaired) electrons. The van der Waals surface area contributed by atoms with Gasteiger partial charge in [-0.15, -0.1) is 0 Å². The maximum Gasteiger partial charge on any atom is 0.163 e. The molecule has 1 saturated heterocycles. The molecule has 0 bridgehead atoms. The largest absolute Gasteiger partial charge is 0.381 e. The van der Waals surface area contributed by atoms with Gasteiger partial charge in [-0.3, -0.25) is 0 Å². The molecule has 6 nitrogen and oxygen atoms in total. The number of ether oxygens (including phenoxy) is 2. The Hall–Kier alpha value is -1.24. The van der Waals surface area contributed by atoms with Crippen molar-refractivity contribution < 1.29 is 9.47 Å². The van der Waals surface area contributed by atoms with Crippen LogP contribution in [0.4, 0.5) is 5.82 Å². The van der Waals surface area contributed by atoms with Crippen molar-refractivity contribution in [3.8, 4) is 0 Å². The lowest BCUT2D eigenvalue weighted by Gasteiger charge is -2.35. The van der Waals surface area contributed by atoms with Crippen molar-refractivity contribution >= 4 is 5.82 Å². The molecule has 1 fully saturated rings. The summed E-state index contributed by atoms with van der Waals surface area (Å²) in [6, 6.07) is 0. The number of hydrogen-bond donors (Lipinski definition) is 2. The number of hydrazine groups is 1. The van der Waals surface area contributed by atoms with E-state index in [1.54, 1.807) is 0 Å². The standard InChI is InChI=1S/C13H22N4O2/c1-4-19-13(5-7-18-8-6-13)12-15-10(3)9(2)11(16-12)17-14/h4-8,14H2,1-3H3,(H,15,16,17). The Bertz CT molecular complexity index is 439. The summed E-state index contributed by atoms with van der Waals surface area (Å²) in [6.07, 6.45) is 1.54. The highest BCUT2D eigenvalue weighted by Crippen LogP contribution is 2.35. The molecule has 0 unspecified atom stereocenters. The molecule has 0 spiro atoms. The first kappa shape index (κ1) is 14.2.